The van der Waals surface area contributed by atoms with Crippen LogP contribution in [0.25, 0.3) is 16.7 Å². The average molecular weight is 436 g/mol. The van der Waals surface area contributed by atoms with Crippen molar-refractivity contribution < 1.29 is 13.9 Å². The number of nitrogens with zero attached hydrogens (tertiary/aromatic N) is 6. The maximum absolute atomic E-state index is 14.5. The van der Waals surface area contributed by atoms with Gasteiger partial charge in [-0.05, 0) is 55.7 Å². The fourth-order valence-corrected chi connectivity index (χ4v) is 4.88. The predicted octanol–water partition coefficient (Wildman–Crippen LogP) is 3.47. The fourth-order valence-electron chi connectivity index (χ4n) is 4.88. The summed E-state index contributed by atoms with van der Waals surface area (Å²) >= 11 is 0. The first kappa shape index (κ1) is 19.4. The van der Waals surface area contributed by atoms with Gasteiger partial charge >= 0.3 is 0 Å². The van der Waals surface area contributed by atoms with Crippen LogP contribution in [0, 0.1) is 11.6 Å². The minimum atomic E-state index is -0.439. The third-order valence-corrected chi connectivity index (χ3v) is 6.46. The lowest BCUT2D eigenvalue weighted by atomic mass is 10.0. The number of aliphatic hydroxyl groups is 1. The van der Waals surface area contributed by atoms with E-state index in [1.165, 1.54) is 12.1 Å². The molecule has 0 aliphatic carbocycles. The van der Waals surface area contributed by atoms with Crippen LogP contribution in [0.3, 0.4) is 0 Å². The molecule has 0 radical (unpaired) electrons. The Labute approximate surface area is 182 Å². The lowest BCUT2D eigenvalue weighted by molar-refractivity contribution is 0.198. The topological polar surface area (TPSA) is 69.8 Å². The first-order valence-corrected chi connectivity index (χ1v) is 10.9. The molecule has 0 saturated carbocycles. The Morgan fingerprint density at radius 2 is 1.88 bits per heavy atom. The van der Waals surface area contributed by atoms with Crippen molar-refractivity contribution in [2.45, 2.75) is 31.4 Å². The average Bonchev–Trinajstić information content (AvgIpc) is 3.52. The van der Waals surface area contributed by atoms with Gasteiger partial charge in [-0.15, -0.1) is 5.10 Å². The van der Waals surface area contributed by atoms with Crippen molar-refractivity contribution in [3.63, 3.8) is 0 Å². The van der Waals surface area contributed by atoms with Crippen LogP contribution < -0.4 is 9.80 Å². The first-order chi connectivity index (χ1) is 15.6. The Morgan fingerprint density at radius 1 is 0.969 bits per heavy atom. The summed E-state index contributed by atoms with van der Waals surface area (Å²) in [5, 5.41) is 15.2. The van der Waals surface area contributed by atoms with Gasteiger partial charge in [0.05, 0.1) is 17.5 Å². The molecule has 5 heterocycles. The van der Waals surface area contributed by atoms with Crippen LogP contribution in [0.5, 0.6) is 0 Å². The number of halogens is 2. The zero-order valence-electron chi connectivity index (χ0n) is 17.3. The Kier molecular flexibility index (Phi) is 4.46. The quantitative estimate of drug-likeness (QED) is 0.531. The molecule has 2 aliphatic heterocycles. The molecule has 32 heavy (non-hydrogen) atoms. The minimum Gasteiger partial charge on any atom is -0.391 e. The smallest absolute Gasteiger partial charge is 0.185 e. The van der Waals surface area contributed by atoms with E-state index in [9.17, 15) is 13.9 Å². The summed E-state index contributed by atoms with van der Waals surface area (Å²) in [5.74, 6) is 0.657. The maximum Gasteiger partial charge on any atom is 0.185 e. The predicted molar refractivity (Wildman–Crippen MR) is 117 cm³/mol. The van der Waals surface area contributed by atoms with Gasteiger partial charge in [-0.3, -0.25) is 0 Å². The second-order valence-electron chi connectivity index (χ2n) is 8.50. The van der Waals surface area contributed by atoms with Crippen molar-refractivity contribution in [2.75, 3.05) is 29.4 Å². The maximum atomic E-state index is 14.5. The number of pyridine rings is 1. The highest BCUT2D eigenvalue weighted by atomic mass is 19.1. The monoisotopic (exact) mass is 436 g/mol. The van der Waals surface area contributed by atoms with Crippen LogP contribution in [0.1, 0.15) is 30.9 Å². The van der Waals surface area contributed by atoms with E-state index in [2.05, 4.69) is 15.0 Å². The number of hydrogen-bond donors (Lipinski definition) is 1. The van der Waals surface area contributed by atoms with Crippen molar-refractivity contribution in [1.82, 2.24) is 19.6 Å². The Balaban J connectivity index is 1.38. The van der Waals surface area contributed by atoms with E-state index in [1.54, 1.807) is 4.52 Å². The Bertz CT molecular complexity index is 1320. The molecule has 164 valence electrons. The first-order valence-electron chi connectivity index (χ1n) is 10.9. The summed E-state index contributed by atoms with van der Waals surface area (Å²) in [6.07, 6.45) is 3.85. The van der Waals surface area contributed by atoms with Crippen molar-refractivity contribution >= 4 is 28.3 Å². The number of fused-ring (bicyclic) bond motifs is 3. The molecule has 2 aliphatic rings. The fraction of sp³-hybridized carbons (Fsp3) is 0.348. The lowest BCUT2D eigenvalue weighted by Crippen LogP contribution is -2.24. The van der Waals surface area contributed by atoms with Crippen molar-refractivity contribution in [3.8, 4) is 0 Å². The second-order valence-corrected chi connectivity index (χ2v) is 8.50. The Hall–Kier alpha value is -3.33. The molecular weight excluding hydrogens is 414 g/mol. The molecule has 0 amide bonds. The van der Waals surface area contributed by atoms with Crippen LogP contribution in [-0.2, 0) is 0 Å². The highest BCUT2D eigenvalue weighted by molar-refractivity contribution is 5.91. The summed E-state index contributed by atoms with van der Waals surface area (Å²) in [7, 11) is 0. The largest absolute Gasteiger partial charge is 0.391 e. The van der Waals surface area contributed by atoms with Crippen LogP contribution in [-0.4, -0.2) is 50.4 Å². The van der Waals surface area contributed by atoms with E-state index < -0.39 is 11.6 Å². The molecule has 2 fully saturated rings. The summed E-state index contributed by atoms with van der Waals surface area (Å²) in [6.45, 7) is 2.05. The number of benzene rings is 1. The van der Waals surface area contributed by atoms with Crippen molar-refractivity contribution in [3.05, 3.63) is 59.8 Å². The van der Waals surface area contributed by atoms with Crippen molar-refractivity contribution in [1.29, 1.82) is 0 Å². The van der Waals surface area contributed by atoms with Gasteiger partial charge < -0.3 is 14.9 Å². The molecule has 1 aromatic carbocycles. The van der Waals surface area contributed by atoms with Gasteiger partial charge in [0.25, 0.3) is 0 Å². The molecule has 6 rings (SSSR count). The SMILES string of the molecule is OC1CCN(c2ccc3c(n2)nn2ccc(N4CCCC4c4cc(F)ccc4F)nc32)C1. The third kappa shape index (κ3) is 3.15. The van der Waals surface area contributed by atoms with Crippen LogP contribution in [0.2, 0.25) is 0 Å². The molecule has 3 aromatic heterocycles. The van der Waals surface area contributed by atoms with Crippen LogP contribution >= 0.6 is 0 Å². The number of rotatable bonds is 3. The second kappa shape index (κ2) is 7.37. The number of aromatic nitrogens is 4. The highest BCUT2D eigenvalue weighted by Crippen LogP contribution is 2.37. The zero-order valence-corrected chi connectivity index (χ0v) is 17.3. The van der Waals surface area contributed by atoms with E-state index in [1.807, 2.05) is 29.3 Å². The van der Waals surface area contributed by atoms with Gasteiger partial charge in [0.15, 0.2) is 11.3 Å². The van der Waals surface area contributed by atoms with E-state index in [0.717, 1.165) is 49.6 Å². The summed E-state index contributed by atoms with van der Waals surface area (Å²) in [4.78, 5) is 13.6. The minimum absolute atomic E-state index is 0.263. The Morgan fingerprint density at radius 3 is 2.72 bits per heavy atom. The summed E-state index contributed by atoms with van der Waals surface area (Å²) < 4.78 is 29.9. The van der Waals surface area contributed by atoms with E-state index in [0.29, 0.717) is 29.2 Å². The molecule has 1 N–H and O–H groups in total. The van der Waals surface area contributed by atoms with Crippen LogP contribution in [0.15, 0.2) is 42.6 Å². The van der Waals surface area contributed by atoms with Gasteiger partial charge in [0.1, 0.15) is 23.3 Å². The van der Waals surface area contributed by atoms with Crippen LogP contribution in [0.4, 0.5) is 20.4 Å². The highest BCUT2D eigenvalue weighted by Gasteiger charge is 2.30. The van der Waals surface area contributed by atoms with Gasteiger partial charge in [0.2, 0.25) is 0 Å². The van der Waals surface area contributed by atoms with E-state index in [-0.39, 0.29) is 12.1 Å². The zero-order chi connectivity index (χ0) is 21.8. The normalized spacial score (nSPS) is 21.3. The molecular formula is C23H22F2N6O. The van der Waals surface area contributed by atoms with E-state index >= 15 is 0 Å². The van der Waals surface area contributed by atoms with Crippen molar-refractivity contribution in [2.24, 2.45) is 0 Å². The third-order valence-electron chi connectivity index (χ3n) is 6.46. The standard InChI is InChI=1S/C23H22F2N6O/c24-14-3-5-18(25)17(12-14)19-2-1-9-30(19)21-8-11-31-23(27-21)16-4-6-20(26-22(16)28-31)29-10-7-15(32)13-29/h3-6,8,11-12,15,19,32H,1-2,7,9-10,13H2. The van der Waals surface area contributed by atoms with Gasteiger partial charge in [-0.25, -0.2) is 23.3 Å². The number of anilines is 2. The van der Waals surface area contributed by atoms with Gasteiger partial charge in [-0.1, -0.05) is 0 Å². The molecule has 4 aromatic rings. The number of aliphatic hydroxyl groups excluding tert-OH is 1. The molecule has 2 atom stereocenters. The summed E-state index contributed by atoms with van der Waals surface area (Å²) in [5.41, 5.74) is 1.62. The molecule has 2 saturated heterocycles. The summed E-state index contributed by atoms with van der Waals surface area (Å²) in [6, 6.07) is 9.08. The molecule has 0 spiro atoms. The van der Waals surface area contributed by atoms with E-state index in [4.69, 9.17) is 4.98 Å². The lowest BCUT2D eigenvalue weighted by Gasteiger charge is -2.26. The number of β-amino-alcohol motifs (C(OH)–C–C–N with tert-alkyl or cyclic N) is 1. The van der Waals surface area contributed by atoms with Gasteiger partial charge in [0, 0.05) is 31.4 Å². The molecule has 7 nitrogen and oxygen atoms in total. The molecule has 0 bridgehead atoms. The molecule has 9 heteroatoms. The number of hydrogen-bond acceptors (Lipinski definition) is 6. The molecule has 2 unspecified atom stereocenters. The van der Waals surface area contributed by atoms with Gasteiger partial charge in [-0.2, -0.15) is 0 Å².